The number of benzene rings is 1. The first-order valence-electron chi connectivity index (χ1n) is 7.40. The number of rotatable bonds is 8. The fourth-order valence-electron chi connectivity index (χ4n) is 2.65. The molecule has 0 amide bonds. The van der Waals surface area contributed by atoms with Crippen LogP contribution in [-0.2, 0) is 10.0 Å². The molecular weight excluding hydrogens is 330 g/mol. The molecule has 0 fully saturated rings. The van der Waals surface area contributed by atoms with Crippen LogP contribution in [-0.4, -0.2) is 36.0 Å². The number of aryl methyl sites for hydroxylation is 2. The van der Waals surface area contributed by atoms with Gasteiger partial charge >= 0.3 is 0 Å². The van der Waals surface area contributed by atoms with Gasteiger partial charge in [-0.25, -0.2) is 17.8 Å². The van der Waals surface area contributed by atoms with E-state index in [4.69, 9.17) is 4.63 Å². The Hall–Kier alpha value is -2.03. The van der Waals surface area contributed by atoms with Crippen LogP contribution in [0.1, 0.15) is 24.0 Å². The summed E-state index contributed by atoms with van der Waals surface area (Å²) in [7, 11) is -3.92. The Bertz CT molecular complexity index is 861. The van der Waals surface area contributed by atoms with Crippen molar-refractivity contribution in [3.63, 3.8) is 0 Å². The van der Waals surface area contributed by atoms with Crippen LogP contribution in [0.15, 0.2) is 40.9 Å². The average Bonchev–Trinajstić information content (AvgIpc) is 2.95. The van der Waals surface area contributed by atoms with Gasteiger partial charge in [-0.2, -0.15) is 0 Å². The third-order valence-corrected chi connectivity index (χ3v) is 5.35. The van der Waals surface area contributed by atoms with Crippen molar-refractivity contribution >= 4 is 21.1 Å². The van der Waals surface area contributed by atoms with Crippen molar-refractivity contribution in [3.8, 4) is 0 Å². The predicted octanol–water partition coefficient (Wildman–Crippen LogP) is 2.00. The van der Waals surface area contributed by atoms with E-state index in [9.17, 15) is 13.5 Å². The Morgan fingerprint density at radius 3 is 2.38 bits per heavy atom. The molecule has 0 unspecified atom stereocenters. The number of aliphatic hydroxyl groups is 1. The van der Waals surface area contributed by atoms with Crippen LogP contribution in [0.25, 0.3) is 11.0 Å². The third kappa shape index (κ3) is 3.55. The lowest BCUT2D eigenvalue weighted by Crippen LogP contribution is -2.42. The van der Waals surface area contributed by atoms with Crippen molar-refractivity contribution in [1.82, 2.24) is 15.0 Å². The molecule has 8 heteroatoms. The maximum absolute atomic E-state index is 12.7. The van der Waals surface area contributed by atoms with E-state index in [0.29, 0.717) is 11.1 Å². The first-order chi connectivity index (χ1) is 11.2. The number of sulfonamides is 1. The zero-order valence-corrected chi connectivity index (χ0v) is 14.6. The van der Waals surface area contributed by atoms with Crippen molar-refractivity contribution in [1.29, 1.82) is 0 Å². The molecule has 130 valence electrons. The summed E-state index contributed by atoms with van der Waals surface area (Å²) in [6, 6.07) is 1.71. The van der Waals surface area contributed by atoms with E-state index < -0.39 is 15.6 Å². The van der Waals surface area contributed by atoms with Crippen LogP contribution in [0.3, 0.4) is 0 Å². The number of aromatic nitrogens is 2. The molecule has 1 heterocycles. The van der Waals surface area contributed by atoms with Crippen molar-refractivity contribution in [3.05, 3.63) is 42.5 Å². The maximum Gasteiger partial charge on any atom is 0.243 e. The minimum Gasteiger partial charge on any atom is -0.388 e. The van der Waals surface area contributed by atoms with Crippen LogP contribution in [0.5, 0.6) is 0 Å². The zero-order valence-electron chi connectivity index (χ0n) is 13.7. The summed E-state index contributed by atoms with van der Waals surface area (Å²) >= 11 is 0. The SMILES string of the molecule is C=CCC(O)(CC=C)CNS(=O)(=O)c1c(C)cc(C)c2nonc12. The summed E-state index contributed by atoms with van der Waals surface area (Å²) in [5.74, 6) is 0. The lowest BCUT2D eigenvalue weighted by Gasteiger charge is -2.26. The monoisotopic (exact) mass is 351 g/mol. The molecule has 0 aliphatic heterocycles. The summed E-state index contributed by atoms with van der Waals surface area (Å²) in [5, 5.41) is 18.0. The molecular formula is C16H21N3O4S. The highest BCUT2D eigenvalue weighted by atomic mass is 32.2. The van der Waals surface area contributed by atoms with E-state index >= 15 is 0 Å². The molecule has 2 aromatic rings. The summed E-state index contributed by atoms with van der Waals surface area (Å²) in [4.78, 5) is 0.00362. The molecule has 0 aliphatic carbocycles. The molecule has 2 N–H and O–H groups in total. The Kier molecular flexibility index (Phi) is 5.22. The topological polar surface area (TPSA) is 105 Å². The fourth-order valence-corrected chi connectivity index (χ4v) is 4.12. The van der Waals surface area contributed by atoms with Crippen LogP contribution in [0, 0.1) is 13.8 Å². The normalized spacial score (nSPS) is 12.5. The smallest absolute Gasteiger partial charge is 0.243 e. The fraction of sp³-hybridized carbons (Fsp3) is 0.375. The summed E-state index contributed by atoms with van der Waals surface area (Å²) < 4.78 is 32.6. The first kappa shape index (κ1) is 18.3. The van der Waals surface area contributed by atoms with Gasteiger partial charge in [0.05, 0.1) is 5.60 Å². The molecule has 1 aromatic carbocycles. The molecule has 0 bridgehead atoms. The van der Waals surface area contributed by atoms with Gasteiger partial charge in [-0.15, -0.1) is 13.2 Å². The molecule has 2 rings (SSSR count). The van der Waals surface area contributed by atoms with Crippen LogP contribution in [0.4, 0.5) is 0 Å². The molecule has 1 aromatic heterocycles. The van der Waals surface area contributed by atoms with Gasteiger partial charge < -0.3 is 5.11 Å². The number of fused-ring (bicyclic) bond motifs is 1. The van der Waals surface area contributed by atoms with Gasteiger partial charge in [0.25, 0.3) is 0 Å². The van der Waals surface area contributed by atoms with Gasteiger partial charge in [0.1, 0.15) is 10.4 Å². The van der Waals surface area contributed by atoms with Crippen LogP contribution < -0.4 is 4.72 Å². The zero-order chi connectivity index (χ0) is 18.0. The van der Waals surface area contributed by atoms with E-state index in [1.54, 1.807) is 19.9 Å². The van der Waals surface area contributed by atoms with Gasteiger partial charge in [-0.05, 0) is 48.1 Å². The Morgan fingerprint density at radius 1 is 1.21 bits per heavy atom. The number of hydrogen-bond donors (Lipinski definition) is 2. The number of hydrogen-bond acceptors (Lipinski definition) is 6. The molecule has 0 atom stereocenters. The average molecular weight is 351 g/mol. The van der Waals surface area contributed by atoms with E-state index in [1.807, 2.05) is 0 Å². The van der Waals surface area contributed by atoms with Gasteiger partial charge in [0.2, 0.25) is 10.0 Å². The highest BCUT2D eigenvalue weighted by Gasteiger charge is 2.29. The van der Waals surface area contributed by atoms with Gasteiger partial charge in [-0.1, -0.05) is 18.2 Å². The standard InChI is InChI=1S/C16H21N3O4S/c1-5-7-16(20,8-6-2)10-17-24(21,22)15-12(4)9-11(3)13-14(15)19-23-18-13/h5-6,9,17,20H,1-2,7-8,10H2,3-4H3. The molecule has 0 spiro atoms. The summed E-state index contributed by atoms with van der Waals surface area (Å²) in [5.41, 5.74) is 0.595. The van der Waals surface area contributed by atoms with E-state index in [-0.39, 0.29) is 29.8 Å². The molecule has 0 radical (unpaired) electrons. The molecule has 7 nitrogen and oxygen atoms in total. The molecule has 0 saturated carbocycles. The molecule has 0 saturated heterocycles. The molecule has 24 heavy (non-hydrogen) atoms. The van der Waals surface area contributed by atoms with Gasteiger partial charge in [0, 0.05) is 6.54 Å². The predicted molar refractivity (Wildman–Crippen MR) is 91.0 cm³/mol. The minimum atomic E-state index is -3.92. The Balaban J connectivity index is 2.40. The van der Waals surface area contributed by atoms with Crippen molar-refractivity contribution in [2.45, 2.75) is 37.2 Å². The second-order valence-corrected chi connectivity index (χ2v) is 7.54. The van der Waals surface area contributed by atoms with E-state index in [1.165, 1.54) is 12.2 Å². The van der Waals surface area contributed by atoms with Crippen molar-refractivity contribution < 1.29 is 18.2 Å². The number of nitrogens with zero attached hydrogens (tertiary/aromatic N) is 2. The quantitative estimate of drug-likeness (QED) is 0.705. The second-order valence-electron chi connectivity index (χ2n) is 5.84. The lowest BCUT2D eigenvalue weighted by molar-refractivity contribution is 0.0517. The maximum atomic E-state index is 12.7. The summed E-state index contributed by atoms with van der Waals surface area (Å²) in [6.45, 7) is 10.5. The van der Waals surface area contributed by atoms with E-state index in [2.05, 4.69) is 28.2 Å². The van der Waals surface area contributed by atoms with Crippen molar-refractivity contribution in [2.75, 3.05) is 6.54 Å². The Morgan fingerprint density at radius 2 is 1.79 bits per heavy atom. The van der Waals surface area contributed by atoms with Crippen LogP contribution >= 0.6 is 0 Å². The summed E-state index contributed by atoms with van der Waals surface area (Å²) in [6.07, 6.45) is 3.54. The van der Waals surface area contributed by atoms with Crippen LogP contribution in [0.2, 0.25) is 0 Å². The Labute approximate surface area is 141 Å². The minimum absolute atomic E-state index is 0.00362. The first-order valence-corrected chi connectivity index (χ1v) is 8.89. The lowest BCUT2D eigenvalue weighted by atomic mass is 9.96. The largest absolute Gasteiger partial charge is 0.388 e. The van der Waals surface area contributed by atoms with Crippen molar-refractivity contribution in [2.24, 2.45) is 0 Å². The number of nitrogens with one attached hydrogen (secondary N) is 1. The highest BCUT2D eigenvalue weighted by molar-refractivity contribution is 7.89. The second kappa shape index (κ2) is 6.84. The molecule has 0 aliphatic rings. The van der Waals surface area contributed by atoms with E-state index in [0.717, 1.165) is 5.56 Å². The van der Waals surface area contributed by atoms with Gasteiger partial charge in [0.15, 0.2) is 5.52 Å². The highest BCUT2D eigenvalue weighted by Crippen LogP contribution is 2.27. The van der Waals surface area contributed by atoms with Gasteiger partial charge in [-0.3, -0.25) is 0 Å². The third-order valence-electron chi connectivity index (χ3n) is 3.78.